The monoisotopic (exact) mass is 368 g/mol. The molecule has 3 aliphatic carbocycles. The summed E-state index contributed by atoms with van der Waals surface area (Å²) in [5, 5.41) is 2.82. The molecule has 1 N–H and O–H groups in total. The van der Waals surface area contributed by atoms with Crippen LogP contribution in [-0.2, 0) is 19.8 Å². The SMILES string of the molecule is O=C(CN1C(=O)C2C3C=CC(C3)C2C1=O)NCC1(c2ccccc2F)CC1. The standard InChI is InChI=1S/C21H21FN2O3/c22-15-4-2-1-3-14(15)21(7-8-21)11-23-16(25)10-24-19(26)17-12-5-6-13(9-12)18(17)20(24)27/h1-6,12-13,17-18H,7-11H2,(H,23,25). The summed E-state index contributed by atoms with van der Waals surface area (Å²) in [4.78, 5) is 38.8. The Balaban J connectivity index is 1.23. The number of imide groups is 1. The first kappa shape index (κ1) is 16.7. The number of halogens is 1. The lowest BCUT2D eigenvalue weighted by Gasteiger charge is -2.20. The number of fused-ring (bicyclic) bond motifs is 5. The molecule has 1 heterocycles. The molecule has 1 aliphatic heterocycles. The van der Waals surface area contributed by atoms with Crippen LogP contribution in [0, 0.1) is 29.5 Å². The third kappa shape index (κ3) is 2.46. The van der Waals surface area contributed by atoms with Crippen LogP contribution in [0.15, 0.2) is 36.4 Å². The van der Waals surface area contributed by atoms with Gasteiger partial charge in [-0.05, 0) is 42.7 Å². The average Bonchev–Trinajstić information content (AvgIpc) is 3.04. The number of amides is 3. The van der Waals surface area contributed by atoms with E-state index in [0.29, 0.717) is 12.1 Å². The summed E-state index contributed by atoms with van der Waals surface area (Å²) < 4.78 is 14.1. The summed E-state index contributed by atoms with van der Waals surface area (Å²) in [6.45, 7) is 0.0834. The van der Waals surface area contributed by atoms with Crippen molar-refractivity contribution >= 4 is 17.7 Å². The van der Waals surface area contributed by atoms with Crippen LogP contribution in [0.5, 0.6) is 0 Å². The van der Waals surface area contributed by atoms with Gasteiger partial charge in [0.1, 0.15) is 12.4 Å². The van der Waals surface area contributed by atoms with Crippen LogP contribution in [0.25, 0.3) is 0 Å². The zero-order chi connectivity index (χ0) is 18.8. The van der Waals surface area contributed by atoms with E-state index >= 15 is 0 Å². The number of allylic oxidation sites excluding steroid dienone is 2. The third-order valence-electron chi connectivity index (χ3n) is 6.79. The topological polar surface area (TPSA) is 66.5 Å². The molecule has 140 valence electrons. The first-order chi connectivity index (χ1) is 13.0. The van der Waals surface area contributed by atoms with Crippen LogP contribution in [0.2, 0.25) is 0 Å². The maximum absolute atomic E-state index is 14.1. The largest absolute Gasteiger partial charge is 0.354 e. The number of carbonyl (C=O) groups is 3. The predicted molar refractivity (Wildman–Crippen MR) is 94.8 cm³/mol. The van der Waals surface area contributed by atoms with Crippen molar-refractivity contribution < 1.29 is 18.8 Å². The van der Waals surface area contributed by atoms with E-state index in [1.807, 2.05) is 12.2 Å². The van der Waals surface area contributed by atoms with Gasteiger partial charge in [0, 0.05) is 12.0 Å². The van der Waals surface area contributed by atoms with Crippen molar-refractivity contribution in [2.24, 2.45) is 23.7 Å². The van der Waals surface area contributed by atoms with Gasteiger partial charge in [-0.25, -0.2) is 4.39 Å². The maximum Gasteiger partial charge on any atom is 0.240 e. The molecule has 4 aliphatic rings. The Morgan fingerprint density at radius 3 is 2.33 bits per heavy atom. The summed E-state index contributed by atoms with van der Waals surface area (Å²) in [5.74, 6) is -1.34. The molecule has 1 aromatic carbocycles. The lowest BCUT2D eigenvalue weighted by atomic mass is 9.85. The molecule has 4 atom stereocenters. The lowest BCUT2D eigenvalue weighted by molar-refractivity contribution is -0.144. The van der Waals surface area contributed by atoms with Crippen molar-refractivity contribution in [1.82, 2.24) is 10.2 Å². The number of nitrogens with one attached hydrogen (secondary N) is 1. The van der Waals surface area contributed by atoms with Crippen LogP contribution in [0.4, 0.5) is 4.39 Å². The number of rotatable bonds is 5. The van der Waals surface area contributed by atoms with Gasteiger partial charge in [0.15, 0.2) is 0 Å². The quantitative estimate of drug-likeness (QED) is 0.636. The van der Waals surface area contributed by atoms with E-state index in [2.05, 4.69) is 5.32 Å². The van der Waals surface area contributed by atoms with Gasteiger partial charge in [-0.15, -0.1) is 0 Å². The second kappa shape index (κ2) is 5.75. The summed E-state index contributed by atoms with van der Waals surface area (Å²) in [5.41, 5.74) is 0.260. The lowest BCUT2D eigenvalue weighted by Crippen LogP contribution is -2.43. The normalized spacial score (nSPS) is 32.1. The molecule has 0 spiro atoms. The maximum atomic E-state index is 14.1. The fraction of sp³-hybridized carbons (Fsp3) is 0.476. The highest BCUT2D eigenvalue weighted by Gasteiger charge is 2.59. The Bertz CT molecular complexity index is 846. The Kier molecular flexibility index (Phi) is 3.55. The molecule has 4 unspecified atom stereocenters. The first-order valence-corrected chi connectivity index (χ1v) is 9.55. The van der Waals surface area contributed by atoms with E-state index in [-0.39, 0.29) is 59.2 Å². The summed E-state index contributed by atoms with van der Waals surface area (Å²) >= 11 is 0. The van der Waals surface area contributed by atoms with Crippen molar-refractivity contribution in [2.75, 3.05) is 13.1 Å². The van der Waals surface area contributed by atoms with Gasteiger partial charge in [0.05, 0.1) is 11.8 Å². The smallest absolute Gasteiger partial charge is 0.240 e. The average molecular weight is 368 g/mol. The van der Waals surface area contributed by atoms with Gasteiger partial charge >= 0.3 is 0 Å². The predicted octanol–water partition coefficient (Wildman–Crippen LogP) is 1.78. The van der Waals surface area contributed by atoms with Gasteiger partial charge < -0.3 is 5.32 Å². The fourth-order valence-corrected chi connectivity index (χ4v) is 5.17. The van der Waals surface area contributed by atoms with Gasteiger partial charge in [0.25, 0.3) is 0 Å². The molecule has 3 fully saturated rings. The molecule has 2 bridgehead atoms. The van der Waals surface area contributed by atoms with E-state index in [1.165, 1.54) is 6.07 Å². The van der Waals surface area contributed by atoms with Gasteiger partial charge in [0.2, 0.25) is 17.7 Å². The van der Waals surface area contributed by atoms with Crippen molar-refractivity contribution in [3.05, 3.63) is 47.8 Å². The number of benzene rings is 1. The molecular formula is C21H21FN2O3. The van der Waals surface area contributed by atoms with E-state index in [4.69, 9.17) is 0 Å². The number of hydrogen-bond donors (Lipinski definition) is 1. The van der Waals surface area contributed by atoms with Crippen molar-refractivity contribution in [3.63, 3.8) is 0 Å². The van der Waals surface area contributed by atoms with Crippen LogP contribution >= 0.6 is 0 Å². The Morgan fingerprint density at radius 1 is 1.11 bits per heavy atom. The van der Waals surface area contributed by atoms with Gasteiger partial charge in [-0.3, -0.25) is 19.3 Å². The van der Waals surface area contributed by atoms with E-state index < -0.39 is 0 Å². The highest BCUT2D eigenvalue weighted by Crippen LogP contribution is 2.52. The van der Waals surface area contributed by atoms with E-state index in [9.17, 15) is 18.8 Å². The Hall–Kier alpha value is -2.50. The molecule has 5 nitrogen and oxygen atoms in total. The molecule has 0 aromatic heterocycles. The van der Waals surface area contributed by atoms with Gasteiger partial charge in [-0.2, -0.15) is 0 Å². The Labute approximate surface area is 156 Å². The zero-order valence-electron chi connectivity index (χ0n) is 14.9. The summed E-state index contributed by atoms with van der Waals surface area (Å²) in [6, 6.07) is 6.63. The molecule has 27 heavy (non-hydrogen) atoms. The highest BCUT2D eigenvalue weighted by molar-refractivity contribution is 6.08. The second-order valence-corrected chi connectivity index (χ2v) is 8.30. The summed E-state index contributed by atoms with van der Waals surface area (Å²) in [6.07, 6.45) is 6.57. The number of hydrogen-bond acceptors (Lipinski definition) is 3. The minimum Gasteiger partial charge on any atom is -0.354 e. The highest BCUT2D eigenvalue weighted by atomic mass is 19.1. The van der Waals surface area contributed by atoms with Crippen LogP contribution in [-0.4, -0.2) is 35.7 Å². The minimum atomic E-state index is -0.362. The molecule has 1 saturated heterocycles. The number of nitrogens with zero attached hydrogens (tertiary/aromatic N) is 1. The molecule has 6 heteroatoms. The van der Waals surface area contributed by atoms with Gasteiger partial charge in [-0.1, -0.05) is 30.4 Å². The van der Waals surface area contributed by atoms with Crippen LogP contribution in [0.1, 0.15) is 24.8 Å². The van der Waals surface area contributed by atoms with Crippen LogP contribution in [0.3, 0.4) is 0 Å². The Morgan fingerprint density at radius 2 is 1.74 bits per heavy atom. The second-order valence-electron chi connectivity index (χ2n) is 8.30. The molecule has 1 aromatic rings. The first-order valence-electron chi connectivity index (χ1n) is 9.55. The van der Waals surface area contributed by atoms with Crippen molar-refractivity contribution in [1.29, 1.82) is 0 Å². The molecular weight excluding hydrogens is 347 g/mol. The fourth-order valence-electron chi connectivity index (χ4n) is 5.17. The van der Waals surface area contributed by atoms with Crippen LogP contribution < -0.4 is 5.32 Å². The molecule has 3 amide bonds. The number of likely N-dealkylation sites (tertiary alicyclic amines) is 1. The van der Waals surface area contributed by atoms with E-state index in [0.717, 1.165) is 24.2 Å². The van der Waals surface area contributed by atoms with E-state index in [1.54, 1.807) is 18.2 Å². The molecule has 0 radical (unpaired) electrons. The molecule has 2 saturated carbocycles. The minimum absolute atomic E-state index is 0.139. The third-order valence-corrected chi connectivity index (χ3v) is 6.79. The molecule has 5 rings (SSSR count). The zero-order valence-corrected chi connectivity index (χ0v) is 14.9. The number of carbonyl (C=O) groups excluding carboxylic acids is 3. The summed E-state index contributed by atoms with van der Waals surface area (Å²) in [7, 11) is 0. The van der Waals surface area contributed by atoms with Crippen molar-refractivity contribution in [3.8, 4) is 0 Å². The van der Waals surface area contributed by atoms with Crippen molar-refractivity contribution in [2.45, 2.75) is 24.7 Å².